The van der Waals surface area contributed by atoms with Crippen molar-refractivity contribution in [3.8, 4) is 0 Å². The van der Waals surface area contributed by atoms with Gasteiger partial charge >= 0.3 is 0 Å². The molecule has 1 N–H and O–H groups in total. The van der Waals surface area contributed by atoms with Gasteiger partial charge in [-0.2, -0.15) is 0 Å². The molecule has 0 bridgehead atoms. The van der Waals surface area contributed by atoms with E-state index in [1.165, 1.54) is 18.4 Å². The van der Waals surface area contributed by atoms with Gasteiger partial charge in [-0.15, -0.1) is 0 Å². The second-order valence-corrected chi connectivity index (χ2v) is 7.13. The third kappa shape index (κ3) is 6.68. The first-order valence-electron chi connectivity index (χ1n) is 6.56. The first kappa shape index (κ1) is 16.1. The summed E-state index contributed by atoms with van der Waals surface area (Å²) < 4.78 is 35.5. The van der Waals surface area contributed by atoms with Crippen LogP contribution in [0.2, 0.25) is 0 Å². The van der Waals surface area contributed by atoms with E-state index in [0.29, 0.717) is 6.42 Å². The van der Waals surface area contributed by atoms with Gasteiger partial charge in [-0.25, -0.2) is 12.8 Å². The SMILES string of the molecule is CCCNCC(CCS(C)(=O)=O)c1ccc(F)cc1. The molecule has 0 fully saturated rings. The Balaban J connectivity index is 2.70. The third-order valence-electron chi connectivity index (χ3n) is 3.00. The summed E-state index contributed by atoms with van der Waals surface area (Å²) in [4.78, 5) is 0. The molecule has 0 radical (unpaired) electrons. The van der Waals surface area contributed by atoms with Gasteiger partial charge in [0.15, 0.2) is 0 Å². The highest BCUT2D eigenvalue weighted by atomic mass is 32.2. The van der Waals surface area contributed by atoms with Crippen LogP contribution in [0.3, 0.4) is 0 Å². The Morgan fingerprint density at radius 3 is 2.42 bits per heavy atom. The maximum atomic E-state index is 12.9. The van der Waals surface area contributed by atoms with Crippen molar-refractivity contribution in [2.45, 2.75) is 25.7 Å². The molecule has 108 valence electrons. The normalized spacial score (nSPS) is 13.4. The molecule has 0 saturated heterocycles. The predicted molar refractivity (Wildman–Crippen MR) is 76.6 cm³/mol. The number of sulfone groups is 1. The monoisotopic (exact) mass is 287 g/mol. The van der Waals surface area contributed by atoms with Crippen molar-refractivity contribution < 1.29 is 12.8 Å². The second kappa shape index (κ2) is 7.60. The van der Waals surface area contributed by atoms with E-state index in [-0.39, 0.29) is 17.5 Å². The molecule has 19 heavy (non-hydrogen) atoms. The first-order valence-corrected chi connectivity index (χ1v) is 8.62. The average Bonchev–Trinajstić information content (AvgIpc) is 2.34. The van der Waals surface area contributed by atoms with Gasteiger partial charge in [0.25, 0.3) is 0 Å². The molecule has 5 heteroatoms. The minimum atomic E-state index is -2.97. The van der Waals surface area contributed by atoms with Gasteiger partial charge in [-0.1, -0.05) is 19.1 Å². The molecule has 3 nitrogen and oxygen atoms in total. The van der Waals surface area contributed by atoms with Gasteiger partial charge in [0, 0.05) is 12.8 Å². The van der Waals surface area contributed by atoms with Gasteiger partial charge in [0.2, 0.25) is 0 Å². The quantitative estimate of drug-likeness (QED) is 0.747. The topological polar surface area (TPSA) is 46.2 Å². The smallest absolute Gasteiger partial charge is 0.147 e. The molecule has 0 aliphatic carbocycles. The van der Waals surface area contributed by atoms with Crippen LogP contribution >= 0.6 is 0 Å². The minimum absolute atomic E-state index is 0.0990. The molecular formula is C14H22FNO2S. The molecule has 1 aromatic carbocycles. The van der Waals surface area contributed by atoms with Crippen LogP contribution in [0.25, 0.3) is 0 Å². The van der Waals surface area contributed by atoms with Crippen LogP contribution in [0.1, 0.15) is 31.2 Å². The summed E-state index contributed by atoms with van der Waals surface area (Å²) >= 11 is 0. The van der Waals surface area contributed by atoms with Crippen molar-refractivity contribution in [2.24, 2.45) is 0 Å². The standard InChI is InChI=1S/C14H22FNO2S/c1-3-9-16-11-13(8-10-19(2,17)18)12-4-6-14(15)7-5-12/h4-7,13,16H,3,8-11H2,1-2H3. The van der Waals surface area contributed by atoms with Crippen molar-refractivity contribution in [1.29, 1.82) is 0 Å². The van der Waals surface area contributed by atoms with Crippen molar-refractivity contribution in [3.05, 3.63) is 35.6 Å². The van der Waals surface area contributed by atoms with E-state index >= 15 is 0 Å². The van der Waals surface area contributed by atoms with Gasteiger partial charge in [-0.3, -0.25) is 0 Å². The van der Waals surface area contributed by atoms with Crippen LogP contribution in [0.15, 0.2) is 24.3 Å². The lowest BCUT2D eigenvalue weighted by Crippen LogP contribution is -2.24. The van der Waals surface area contributed by atoms with Crippen molar-refractivity contribution in [3.63, 3.8) is 0 Å². The molecule has 0 heterocycles. The summed E-state index contributed by atoms with van der Waals surface area (Å²) in [6.07, 6.45) is 2.83. The Kier molecular flexibility index (Phi) is 6.45. The van der Waals surface area contributed by atoms with Crippen molar-refractivity contribution >= 4 is 9.84 Å². The summed E-state index contributed by atoms with van der Waals surface area (Å²) in [7, 11) is -2.97. The second-order valence-electron chi connectivity index (χ2n) is 4.87. The number of hydrogen-bond acceptors (Lipinski definition) is 3. The van der Waals surface area contributed by atoms with E-state index in [1.807, 2.05) is 0 Å². The van der Waals surface area contributed by atoms with Crippen LogP contribution in [0.5, 0.6) is 0 Å². The van der Waals surface area contributed by atoms with Crippen LogP contribution in [0, 0.1) is 5.82 Å². The van der Waals surface area contributed by atoms with Crippen LogP contribution in [0.4, 0.5) is 4.39 Å². The number of nitrogens with one attached hydrogen (secondary N) is 1. The van der Waals surface area contributed by atoms with Crippen molar-refractivity contribution in [2.75, 3.05) is 25.1 Å². The molecule has 0 amide bonds. The largest absolute Gasteiger partial charge is 0.316 e. The highest BCUT2D eigenvalue weighted by Gasteiger charge is 2.14. The molecule has 0 saturated carbocycles. The predicted octanol–water partition coefficient (Wildman–Crippen LogP) is 2.34. The van der Waals surface area contributed by atoms with Crippen LogP contribution in [-0.4, -0.2) is 33.5 Å². The molecule has 1 atom stereocenters. The summed E-state index contributed by atoms with van der Waals surface area (Å²) in [5.41, 5.74) is 0.980. The Labute approximate surface area is 115 Å². The minimum Gasteiger partial charge on any atom is -0.316 e. The molecule has 0 aliphatic rings. The summed E-state index contributed by atoms with van der Waals surface area (Å²) in [6.45, 7) is 3.70. The molecular weight excluding hydrogens is 265 g/mol. The summed E-state index contributed by atoms with van der Waals surface area (Å²) in [6, 6.07) is 6.30. The zero-order valence-electron chi connectivity index (χ0n) is 11.5. The zero-order chi connectivity index (χ0) is 14.3. The highest BCUT2D eigenvalue weighted by Crippen LogP contribution is 2.20. The molecule has 1 aromatic rings. The van der Waals surface area contributed by atoms with Crippen LogP contribution < -0.4 is 5.32 Å². The number of hydrogen-bond donors (Lipinski definition) is 1. The molecule has 0 aliphatic heterocycles. The van der Waals surface area contributed by atoms with Gasteiger partial charge in [-0.05, 0) is 43.0 Å². The van der Waals surface area contributed by atoms with Gasteiger partial charge in [0.1, 0.15) is 15.7 Å². The Bertz CT molecular complexity index is 471. The van der Waals surface area contributed by atoms with E-state index in [0.717, 1.165) is 25.1 Å². The summed E-state index contributed by atoms with van der Waals surface area (Å²) in [5, 5.41) is 3.30. The first-order chi connectivity index (χ1) is 8.92. The zero-order valence-corrected chi connectivity index (χ0v) is 12.3. The lowest BCUT2D eigenvalue weighted by Gasteiger charge is -2.17. The Morgan fingerprint density at radius 2 is 1.89 bits per heavy atom. The lowest BCUT2D eigenvalue weighted by molar-refractivity contribution is 0.554. The fourth-order valence-corrected chi connectivity index (χ4v) is 2.64. The van der Waals surface area contributed by atoms with Gasteiger partial charge < -0.3 is 5.32 Å². The third-order valence-corrected chi connectivity index (χ3v) is 3.97. The number of benzene rings is 1. The molecule has 0 spiro atoms. The average molecular weight is 287 g/mol. The molecule has 1 unspecified atom stereocenters. The van der Waals surface area contributed by atoms with E-state index in [1.54, 1.807) is 12.1 Å². The van der Waals surface area contributed by atoms with E-state index < -0.39 is 9.84 Å². The highest BCUT2D eigenvalue weighted by molar-refractivity contribution is 7.90. The fraction of sp³-hybridized carbons (Fsp3) is 0.571. The fourth-order valence-electron chi connectivity index (χ4n) is 1.93. The van der Waals surface area contributed by atoms with Crippen LogP contribution in [-0.2, 0) is 9.84 Å². The van der Waals surface area contributed by atoms with Gasteiger partial charge in [0.05, 0.1) is 5.75 Å². The number of rotatable bonds is 8. The number of halogens is 1. The van der Waals surface area contributed by atoms with E-state index in [9.17, 15) is 12.8 Å². The van der Waals surface area contributed by atoms with E-state index in [2.05, 4.69) is 12.2 Å². The Hall–Kier alpha value is -0.940. The van der Waals surface area contributed by atoms with Crippen molar-refractivity contribution in [1.82, 2.24) is 5.32 Å². The summed E-state index contributed by atoms with van der Waals surface area (Å²) in [5.74, 6) is -0.0166. The Morgan fingerprint density at radius 1 is 1.26 bits per heavy atom. The molecule has 1 rings (SSSR count). The molecule has 0 aromatic heterocycles. The maximum absolute atomic E-state index is 12.9. The lowest BCUT2D eigenvalue weighted by atomic mass is 9.96. The maximum Gasteiger partial charge on any atom is 0.147 e. The van der Waals surface area contributed by atoms with E-state index in [4.69, 9.17) is 0 Å².